The van der Waals surface area contributed by atoms with E-state index in [1.54, 1.807) is 24.3 Å². The number of rotatable bonds is 4. The van der Waals surface area contributed by atoms with Crippen LogP contribution in [0.5, 0.6) is 0 Å². The van der Waals surface area contributed by atoms with Crippen LogP contribution in [0.25, 0.3) is 0 Å². The first kappa shape index (κ1) is 14.1. The molecule has 0 saturated heterocycles. The van der Waals surface area contributed by atoms with Gasteiger partial charge in [-0.25, -0.2) is 8.42 Å². The van der Waals surface area contributed by atoms with Gasteiger partial charge in [0.05, 0.1) is 5.75 Å². The first-order chi connectivity index (χ1) is 8.96. The van der Waals surface area contributed by atoms with Gasteiger partial charge in [0.2, 0.25) is 10.0 Å². The summed E-state index contributed by atoms with van der Waals surface area (Å²) in [5, 5.41) is 0. The van der Waals surface area contributed by atoms with Gasteiger partial charge in [-0.05, 0) is 30.2 Å². The Kier molecular flexibility index (Phi) is 4.27. The van der Waals surface area contributed by atoms with E-state index >= 15 is 0 Å². The predicted octanol–water partition coefficient (Wildman–Crippen LogP) is 3.70. The largest absolute Gasteiger partial charge is 0.283 e. The lowest BCUT2D eigenvalue weighted by Crippen LogP contribution is -2.15. The third kappa shape index (κ3) is 4.08. The van der Waals surface area contributed by atoms with Crippen LogP contribution in [0, 0.1) is 6.92 Å². The van der Waals surface area contributed by atoms with Crippen LogP contribution in [0.3, 0.4) is 0 Å². The average Bonchev–Trinajstić information content (AvgIpc) is 2.34. The lowest BCUT2D eigenvalue weighted by atomic mass is 10.2. The summed E-state index contributed by atoms with van der Waals surface area (Å²) in [7, 11) is -3.39. The van der Waals surface area contributed by atoms with Crippen LogP contribution in [-0.4, -0.2) is 8.42 Å². The quantitative estimate of drug-likeness (QED) is 0.922. The molecule has 0 unspecified atom stereocenters. The van der Waals surface area contributed by atoms with Crippen molar-refractivity contribution < 1.29 is 8.42 Å². The molecule has 0 atom stereocenters. The van der Waals surface area contributed by atoms with Crippen molar-refractivity contribution in [2.24, 2.45) is 0 Å². The van der Waals surface area contributed by atoms with Gasteiger partial charge >= 0.3 is 0 Å². The first-order valence-electron chi connectivity index (χ1n) is 5.77. The molecular formula is C14H14BrNO2S. The fraction of sp³-hybridized carbons (Fsp3) is 0.143. The molecule has 19 heavy (non-hydrogen) atoms. The Morgan fingerprint density at radius 1 is 1.11 bits per heavy atom. The highest BCUT2D eigenvalue weighted by atomic mass is 79.9. The van der Waals surface area contributed by atoms with Crippen molar-refractivity contribution in [3.8, 4) is 0 Å². The molecule has 0 heterocycles. The van der Waals surface area contributed by atoms with Crippen molar-refractivity contribution in [2.75, 3.05) is 4.72 Å². The molecular weight excluding hydrogens is 326 g/mol. The average molecular weight is 340 g/mol. The van der Waals surface area contributed by atoms with Crippen LogP contribution in [0.2, 0.25) is 0 Å². The van der Waals surface area contributed by atoms with Crippen LogP contribution < -0.4 is 4.72 Å². The Morgan fingerprint density at radius 3 is 2.42 bits per heavy atom. The zero-order valence-corrected chi connectivity index (χ0v) is 12.8. The summed E-state index contributed by atoms with van der Waals surface area (Å²) >= 11 is 3.39. The number of anilines is 1. The number of aryl methyl sites for hydroxylation is 1. The monoisotopic (exact) mass is 339 g/mol. The van der Waals surface area contributed by atoms with Crippen LogP contribution in [0.15, 0.2) is 53.0 Å². The molecule has 1 N–H and O–H groups in total. The number of hydrogen-bond donors (Lipinski definition) is 1. The molecule has 0 amide bonds. The van der Waals surface area contributed by atoms with E-state index in [9.17, 15) is 8.42 Å². The summed E-state index contributed by atoms with van der Waals surface area (Å²) in [5.41, 5.74) is 2.39. The predicted molar refractivity (Wildman–Crippen MR) is 81.6 cm³/mol. The van der Waals surface area contributed by atoms with E-state index in [0.29, 0.717) is 5.69 Å². The highest BCUT2D eigenvalue weighted by molar-refractivity contribution is 9.10. The summed E-state index contributed by atoms with van der Waals surface area (Å²) < 4.78 is 27.5. The highest BCUT2D eigenvalue weighted by Crippen LogP contribution is 2.22. The van der Waals surface area contributed by atoms with Crippen molar-refractivity contribution in [1.29, 1.82) is 0 Å². The summed E-state index contributed by atoms with van der Waals surface area (Å²) in [6, 6.07) is 14.5. The lowest BCUT2D eigenvalue weighted by molar-refractivity contribution is 0.600. The molecule has 3 nitrogen and oxygen atoms in total. The van der Waals surface area contributed by atoms with Crippen LogP contribution in [-0.2, 0) is 15.8 Å². The molecule has 100 valence electrons. The van der Waals surface area contributed by atoms with E-state index in [1.807, 2.05) is 31.2 Å². The minimum atomic E-state index is -3.39. The van der Waals surface area contributed by atoms with Gasteiger partial charge in [0.1, 0.15) is 0 Å². The van der Waals surface area contributed by atoms with Gasteiger partial charge in [0, 0.05) is 10.2 Å². The summed E-state index contributed by atoms with van der Waals surface area (Å²) in [6.07, 6.45) is 0. The van der Waals surface area contributed by atoms with Crippen molar-refractivity contribution in [2.45, 2.75) is 12.7 Å². The van der Waals surface area contributed by atoms with E-state index < -0.39 is 10.0 Å². The van der Waals surface area contributed by atoms with Crippen molar-refractivity contribution in [3.05, 3.63) is 64.1 Å². The van der Waals surface area contributed by atoms with Crippen LogP contribution >= 0.6 is 15.9 Å². The molecule has 0 saturated carbocycles. The molecule has 2 aromatic carbocycles. The molecule has 0 aromatic heterocycles. The molecule has 0 radical (unpaired) electrons. The van der Waals surface area contributed by atoms with E-state index in [-0.39, 0.29) is 5.75 Å². The Bertz CT molecular complexity index is 669. The van der Waals surface area contributed by atoms with Gasteiger partial charge in [-0.15, -0.1) is 0 Å². The Hall–Kier alpha value is -1.33. The summed E-state index contributed by atoms with van der Waals surface area (Å²) in [5.74, 6) is -0.0284. The lowest BCUT2D eigenvalue weighted by Gasteiger charge is -2.09. The number of halogens is 1. The molecule has 0 aliphatic carbocycles. The third-order valence-electron chi connectivity index (χ3n) is 2.64. The van der Waals surface area contributed by atoms with Gasteiger partial charge in [0.15, 0.2) is 0 Å². The topological polar surface area (TPSA) is 46.2 Å². The smallest absolute Gasteiger partial charge is 0.236 e. The zero-order valence-electron chi connectivity index (χ0n) is 10.4. The maximum Gasteiger partial charge on any atom is 0.236 e. The maximum atomic E-state index is 12.0. The molecule has 5 heteroatoms. The van der Waals surface area contributed by atoms with Crippen molar-refractivity contribution >= 4 is 31.6 Å². The SMILES string of the molecule is Cc1ccc(NS(=O)(=O)Cc2ccccc2)cc1Br. The zero-order chi connectivity index (χ0) is 13.9. The van der Waals surface area contributed by atoms with Gasteiger partial charge in [-0.3, -0.25) is 4.72 Å². The number of sulfonamides is 1. The van der Waals surface area contributed by atoms with E-state index in [2.05, 4.69) is 20.7 Å². The van der Waals surface area contributed by atoms with E-state index in [0.717, 1.165) is 15.6 Å². The van der Waals surface area contributed by atoms with E-state index in [1.165, 1.54) is 0 Å². The summed E-state index contributed by atoms with van der Waals surface area (Å²) in [4.78, 5) is 0. The van der Waals surface area contributed by atoms with Gasteiger partial charge in [-0.2, -0.15) is 0 Å². The van der Waals surface area contributed by atoms with Crippen molar-refractivity contribution in [1.82, 2.24) is 0 Å². The Balaban J connectivity index is 2.15. The second-order valence-electron chi connectivity index (χ2n) is 4.31. The standard InChI is InChI=1S/C14H14BrNO2S/c1-11-7-8-13(9-14(11)15)16-19(17,18)10-12-5-3-2-4-6-12/h2-9,16H,10H2,1H3. The minimum Gasteiger partial charge on any atom is -0.283 e. The number of nitrogens with one attached hydrogen (secondary N) is 1. The number of benzene rings is 2. The first-order valence-corrected chi connectivity index (χ1v) is 8.21. The molecule has 0 spiro atoms. The summed E-state index contributed by atoms with van der Waals surface area (Å²) in [6.45, 7) is 1.95. The van der Waals surface area contributed by atoms with Gasteiger partial charge in [0.25, 0.3) is 0 Å². The van der Waals surface area contributed by atoms with Crippen LogP contribution in [0.1, 0.15) is 11.1 Å². The molecule has 2 aromatic rings. The molecule has 0 fully saturated rings. The molecule has 0 bridgehead atoms. The third-order valence-corrected chi connectivity index (χ3v) is 4.76. The number of hydrogen-bond acceptors (Lipinski definition) is 2. The normalized spacial score (nSPS) is 11.3. The fourth-order valence-corrected chi connectivity index (χ4v) is 3.23. The Morgan fingerprint density at radius 2 is 1.79 bits per heavy atom. The molecule has 0 aliphatic rings. The van der Waals surface area contributed by atoms with Crippen LogP contribution in [0.4, 0.5) is 5.69 Å². The fourth-order valence-electron chi connectivity index (χ4n) is 1.67. The van der Waals surface area contributed by atoms with Gasteiger partial charge < -0.3 is 0 Å². The Labute approximate surface area is 121 Å². The molecule has 2 rings (SSSR count). The second kappa shape index (κ2) is 5.75. The minimum absolute atomic E-state index is 0.0284. The van der Waals surface area contributed by atoms with Gasteiger partial charge in [-0.1, -0.05) is 52.3 Å². The highest BCUT2D eigenvalue weighted by Gasteiger charge is 2.11. The van der Waals surface area contributed by atoms with Crippen molar-refractivity contribution in [3.63, 3.8) is 0 Å². The molecule has 0 aliphatic heterocycles. The maximum absolute atomic E-state index is 12.0. The van der Waals surface area contributed by atoms with E-state index in [4.69, 9.17) is 0 Å². The second-order valence-corrected chi connectivity index (χ2v) is 6.89.